The maximum Gasteiger partial charge on any atom is 0.161 e. The maximum atomic E-state index is 5.92. The molecule has 0 radical (unpaired) electrons. The minimum Gasteiger partial charge on any atom is -0.493 e. The van der Waals surface area contributed by atoms with Gasteiger partial charge in [0, 0.05) is 5.39 Å². The number of fused-ring (bicyclic) bond motifs is 1. The summed E-state index contributed by atoms with van der Waals surface area (Å²) in [5.74, 6) is 1.44. The standard InChI is InChI=1S/C25H21NO2/c1-27-25-17-19(12-16-24(25)28-18-20-7-3-2-4-8-20)11-14-22-15-13-21-9-5-6-10-23(21)26-22/h2-17H,18H2,1H3/b14-11+. The number of aromatic nitrogens is 1. The largest absolute Gasteiger partial charge is 0.493 e. The van der Waals surface area contributed by atoms with Crippen LogP contribution in [0.4, 0.5) is 0 Å². The number of hydrogen-bond donors (Lipinski definition) is 0. The molecule has 0 aliphatic heterocycles. The van der Waals surface area contributed by atoms with Crippen molar-refractivity contribution >= 4 is 23.1 Å². The molecule has 138 valence electrons. The molecule has 0 amide bonds. The highest BCUT2D eigenvalue weighted by Gasteiger charge is 2.05. The monoisotopic (exact) mass is 367 g/mol. The number of methoxy groups -OCH3 is 1. The quantitative estimate of drug-likeness (QED) is 0.419. The van der Waals surface area contributed by atoms with E-state index in [1.165, 1.54) is 0 Å². The third-order valence-electron chi connectivity index (χ3n) is 4.49. The Morgan fingerprint density at radius 2 is 1.61 bits per heavy atom. The van der Waals surface area contributed by atoms with Gasteiger partial charge in [0.1, 0.15) is 6.61 Å². The van der Waals surface area contributed by atoms with Gasteiger partial charge in [0.2, 0.25) is 0 Å². The summed E-state index contributed by atoms with van der Waals surface area (Å²) in [7, 11) is 1.66. The summed E-state index contributed by atoms with van der Waals surface area (Å²) in [6.45, 7) is 0.507. The Morgan fingerprint density at radius 1 is 0.786 bits per heavy atom. The fraction of sp³-hybridized carbons (Fsp3) is 0.0800. The fourth-order valence-electron chi connectivity index (χ4n) is 3.00. The lowest BCUT2D eigenvalue weighted by Gasteiger charge is -2.11. The molecular formula is C25H21NO2. The number of hydrogen-bond acceptors (Lipinski definition) is 3. The van der Waals surface area contributed by atoms with Crippen LogP contribution in [-0.2, 0) is 6.61 Å². The topological polar surface area (TPSA) is 31.4 Å². The van der Waals surface area contributed by atoms with Crippen LogP contribution in [0.2, 0.25) is 0 Å². The summed E-state index contributed by atoms with van der Waals surface area (Å²) < 4.78 is 11.4. The van der Waals surface area contributed by atoms with E-state index in [0.717, 1.165) is 33.5 Å². The van der Waals surface area contributed by atoms with Gasteiger partial charge >= 0.3 is 0 Å². The molecule has 0 aliphatic rings. The molecule has 3 nitrogen and oxygen atoms in total. The number of benzene rings is 3. The van der Waals surface area contributed by atoms with Gasteiger partial charge in [-0.25, -0.2) is 4.98 Å². The van der Waals surface area contributed by atoms with E-state index in [-0.39, 0.29) is 0 Å². The molecule has 0 saturated carbocycles. The van der Waals surface area contributed by atoms with Crippen LogP contribution in [0.15, 0.2) is 84.9 Å². The van der Waals surface area contributed by atoms with Crippen LogP contribution < -0.4 is 9.47 Å². The molecule has 0 N–H and O–H groups in total. The smallest absolute Gasteiger partial charge is 0.161 e. The van der Waals surface area contributed by atoms with Crippen molar-refractivity contribution in [3.63, 3.8) is 0 Å². The van der Waals surface area contributed by atoms with Gasteiger partial charge in [-0.05, 0) is 41.5 Å². The SMILES string of the molecule is COc1cc(/C=C/c2ccc3ccccc3n2)ccc1OCc1ccccc1. The first-order valence-electron chi connectivity index (χ1n) is 9.20. The van der Waals surface area contributed by atoms with E-state index < -0.39 is 0 Å². The van der Waals surface area contributed by atoms with E-state index in [2.05, 4.69) is 17.1 Å². The van der Waals surface area contributed by atoms with Crippen molar-refractivity contribution in [1.82, 2.24) is 4.98 Å². The minimum atomic E-state index is 0.507. The average molecular weight is 367 g/mol. The van der Waals surface area contributed by atoms with Crippen LogP contribution in [0.25, 0.3) is 23.1 Å². The summed E-state index contributed by atoms with van der Waals surface area (Å²) in [5.41, 5.74) is 4.06. The first-order valence-corrected chi connectivity index (χ1v) is 9.20. The maximum absolute atomic E-state index is 5.92. The summed E-state index contributed by atoms with van der Waals surface area (Å²) in [6.07, 6.45) is 4.03. The number of pyridine rings is 1. The molecule has 0 saturated heterocycles. The Bertz CT molecular complexity index is 1100. The Morgan fingerprint density at radius 3 is 2.46 bits per heavy atom. The summed E-state index contributed by atoms with van der Waals surface area (Å²) in [5, 5.41) is 1.14. The Hall–Kier alpha value is -3.59. The van der Waals surface area contributed by atoms with Crippen molar-refractivity contribution in [2.24, 2.45) is 0 Å². The Kier molecular flexibility index (Phi) is 5.34. The van der Waals surface area contributed by atoms with E-state index in [1.807, 2.05) is 84.9 Å². The van der Waals surface area contributed by atoms with Gasteiger partial charge in [-0.3, -0.25) is 0 Å². The van der Waals surface area contributed by atoms with Crippen LogP contribution >= 0.6 is 0 Å². The Balaban J connectivity index is 1.50. The zero-order valence-corrected chi connectivity index (χ0v) is 15.7. The van der Waals surface area contributed by atoms with E-state index in [4.69, 9.17) is 9.47 Å². The highest BCUT2D eigenvalue weighted by atomic mass is 16.5. The van der Waals surface area contributed by atoms with Crippen molar-refractivity contribution < 1.29 is 9.47 Å². The summed E-state index contributed by atoms with van der Waals surface area (Å²) >= 11 is 0. The van der Waals surface area contributed by atoms with Crippen LogP contribution in [0.5, 0.6) is 11.5 Å². The predicted molar refractivity (Wildman–Crippen MR) is 114 cm³/mol. The summed E-state index contributed by atoms with van der Waals surface area (Å²) in [6, 6.07) is 28.2. The van der Waals surface area contributed by atoms with Crippen LogP contribution in [0, 0.1) is 0 Å². The number of para-hydroxylation sites is 1. The van der Waals surface area contributed by atoms with Crippen molar-refractivity contribution in [3.8, 4) is 11.5 Å². The van der Waals surface area contributed by atoms with E-state index in [0.29, 0.717) is 12.4 Å². The molecule has 28 heavy (non-hydrogen) atoms. The Labute approximate surface area is 164 Å². The van der Waals surface area contributed by atoms with Crippen molar-refractivity contribution in [2.75, 3.05) is 7.11 Å². The highest BCUT2D eigenvalue weighted by molar-refractivity contribution is 5.80. The minimum absolute atomic E-state index is 0.507. The molecule has 0 bridgehead atoms. The highest BCUT2D eigenvalue weighted by Crippen LogP contribution is 2.29. The zero-order chi connectivity index (χ0) is 19.2. The third kappa shape index (κ3) is 4.21. The molecule has 3 aromatic carbocycles. The van der Waals surface area contributed by atoms with Gasteiger partial charge in [0.25, 0.3) is 0 Å². The van der Waals surface area contributed by atoms with Gasteiger partial charge in [-0.1, -0.05) is 66.7 Å². The second kappa shape index (κ2) is 8.40. The number of ether oxygens (including phenoxy) is 2. The lowest BCUT2D eigenvalue weighted by atomic mass is 10.1. The van der Waals surface area contributed by atoms with Gasteiger partial charge in [-0.15, -0.1) is 0 Å². The number of nitrogens with zero attached hydrogens (tertiary/aromatic N) is 1. The normalized spacial score (nSPS) is 11.0. The van der Waals surface area contributed by atoms with Gasteiger partial charge < -0.3 is 9.47 Å². The second-order valence-electron chi connectivity index (χ2n) is 6.45. The number of rotatable bonds is 6. The molecule has 1 aromatic heterocycles. The second-order valence-corrected chi connectivity index (χ2v) is 6.45. The van der Waals surface area contributed by atoms with Crippen molar-refractivity contribution in [2.45, 2.75) is 6.61 Å². The van der Waals surface area contributed by atoms with E-state index >= 15 is 0 Å². The fourth-order valence-corrected chi connectivity index (χ4v) is 3.00. The summed E-state index contributed by atoms with van der Waals surface area (Å²) in [4.78, 5) is 4.67. The molecular weight excluding hydrogens is 346 g/mol. The first kappa shape index (κ1) is 17.8. The van der Waals surface area contributed by atoms with Crippen molar-refractivity contribution in [3.05, 3.63) is 102 Å². The molecule has 3 heteroatoms. The molecule has 0 unspecified atom stereocenters. The first-order chi connectivity index (χ1) is 13.8. The van der Waals surface area contributed by atoms with Gasteiger partial charge in [-0.2, -0.15) is 0 Å². The van der Waals surface area contributed by atoms with Gasteiger partial charge in [0.15, 0.2) is 11.5 Å². The molecule has 4 aromatic rings. The molecule has 0 fully saturated rings. The molecule has 4 rings (SSSR count). The lowest BCUT2D eigenvalue weighted by molar-refractivity contribution is 0.284. The molecule has 0 spiro atoms. The lowest BCUT2D eigenvalue weighted by Crippen LogP contribution is -1.97. The third-order valence-corrected chi connectivity index (χ3v) is 4.49. The predicted octanol–water partition coefficient (Wildman–Crippen LogP) is 5.99. The van der Waals surface area contributed by atoms with Gasteiger partial charge in [0.05, 0.1) is 18.3 Å². The molecule has 1 heterocycles. The van der Waals surface area contributed by atoms with E-state index in [9.17, 15) is 0 Å². The van der Waals surface area contributed by atoms with E-state index in [1.54, 1.807) is 7.11 Å². The van der Waals surface area contributed by atoms with Crippen LogP contribution in [0.1, 0.15) is 16.8 Å². The average Bonchev–Trinajstić information content (AvgIpc) is 2.77. The van der Waals surface area contributed by atoms with Crippen LogP contribution in [0.3, 0.4) is 0 Å². The molecule has 0 atom stereocenters. The molecule has 0 aliphatic carbocycles. The zero-order valence-electron chi connectivity index (χ0n) is 15.7. The van der Waals surface area contributed by atoms with Crippen LogP contribution in [-0.4, -0.2) is 12.1 Å². The van der Waals surface area contributed by atoms with Crippen molar-refractivity contribution in [1.29, 1.82) is 0 Å².